The first kappa shape index (κ1) is 28.2. The van der Waals surface area contributed by atoms with Gasteiger partial charge in [-0.05, 0) is 48.8 Å². The van der Waals surface area contributed by atoms with Crippen LogP contribution in [0.15, 0.2) is 40.9 Å². The van der Waals surface area contributed by atoms with Crippen molar-refractivity contribution >= 4 is 33.9 Å². The zero-order valence-electron chi connectivity index (χ0n) is 23.6. The number of phenolic OH excluding ortho intramolecular Hbond substituents is 1. The van der Waals surface area contributed by atoms with Gasteiger partial charge in [0.1, 0.15) is 22.8 Å². The zero-order chi connectivity index (χ0) is 30.2. The van der Waals surface area contributed by atoms with Crippen LogP contribution in [0, 0.1) is 11.8 Å². The first-order valence-electron chi connectivity index (χ1n) is 14.3. The number of nitrogens with two attached hydrogens (primary N) is 2. The SMILES string of the molecule is CN(C)c1c2c(c(O)c3cc(CNC4CCCC4)ccc13)C(=O)C1=C(O)[C@]3(O)C(=O)C(C(N)=O)=C(O)[C@@H](N)[C@@H]3C[C@@H]1C2. The van der Waals surface area contributed by atoms with Gasteiger partial charge in [-0.25, -0.2) is 0 Å². The van der Waals surface area contributed by atoms with Gasteiger partial charge >= 0.3 is 0 Å². The maximum atomic E-state index is 14.2. The van der Waals surface area contributed by atoms with Crippen LogP contribution < -0.4 is 21.7 Å². The minimum Gasteiger partial charge on any atom is -0.510 e. The average Bonchev–Trinajstić information content (AvgIpc) is 3.46. The molecule has 0 heterocycles. The Kier molecular flexibility index (Phi) is 6.60. The highest BCUT2D eigenvalue weighted by Crippen LogP contribution is 2.53. The van der Waals surface area contributed by atoms with Gasteiger partial charge in [0, 0.05) is 54.6 Å². The molecule has 0 unspecified atom stereocenters. The van der Waals surface area contributed by atoms with Crippen molar-refractivity contribution in [1.29, 1.82) is 0 Å². The summed E-state index contributed by atoms with van der Waals surface area (Å²) in [6.07, 6.45) is 4.82. The summed E-state index contributed by atoms with van der Waals surface area (Å²) >= 11 is 0. The maximum Gasteiger partial charge on any atom is 0.255 e. The van der Waals surface area contributed by atoms with Crippen molar-refractivity contribution in [2.75, 3.05) is 19.0 Å². The Bertz CT molecular complexity index is 1620. The molecule has 0 bridgehead atoms. The Balaban J connectivity index is 1.50. The molecule has 222 valence electrons. The Hall–Kier alpha value is -3.93. The summed E-state index contributed by atoms with van der Waals surface area (Å²) in [4.78, 5) is 41.3. The number of aliphatic hydroxyl groups excluding tert-OH is 2. The first-order chi connectivity index (χ1) is 19.9. The molecule has 0 radical (unpaired) electrons. The number of aromatic hydroxyl groups is 1. The maximum absolute atomic E-state index is 14.2. The van der Waals surface area contributed by atoms with Gasteiger partial charge in [0.25, 0.3) is 5.91 Å². The number of hydrogen-bond acceptors (Lipinski definition) is 10. The summed E-state index contributed by atoms with van der Waals surface area (Å²) in [5.74, 6) is -7.15. The number of phenols is 1. The van der Waals surface area contributed by atoms with Crippen molar-refractivity contribution in [3.8, 4) is 5.75 Å². The summed E-state index contributed by atoms with van der Waals surface area (Å²) in [5, 5.41) is 49.9. The number of primary amides is 1. The van der Waals surface area contributed by atoms with Crippen molar-refractivity contribution in [3.05, 3.63) is 57.6 Å². The van der Waals surface area contributed by atoms with Crippen molar-refractivity contribution in [3.63, 3.8) is 0 Å². The van der Waals surface area contributed by atoms with Gasteiger partial charge in [0.2, 0.25) is 5.78 Å². The predicted molar refractivity (Wildman–Crippen MR) is 155 cm³/mol. The third-order valence-corrected chi connectivity index (χ3v) is 9.66. The van der Waals surface area contributed by atoms with E-state index in [2.05, 4.69) is 5.32 Å². The fourth-order valence-electron chi connectivity index (χ4n) is 7.62. The molecule has 4 aliphatic rings. The number of carbonyl (C=O) groups excluding carboxylic acids is 3. The Labute approximate surface area is 242 Å². The van der Waals surface area contributed by atoms with Gasteiger partial charge in [-0.1, -0.05) is 25.0 Å². The van der Waals surface area contributed by atoms with Crippen LogP contribution in [0.2, 0.25) is 0 Å². The predicted octanol–water partition coefficient (Wildman–Crippen LogP) is 1.77. The molecule has 2 aromatic rings. The van der Waals surface area contributed by atoms with E-state index in [1.165, 1.54) is 12.8 Å². The second-order valence-corrected chi connectivity index (χ2v) is 12.3. The van der Waals surface area contributed by atoms with Gasteiger partial charge in [-0.2, -0.15) is 0 Å². The highest BCUT2D eigenvalue weighted by atomic mass is 16.3. The minimum absolute atomic E-state index is 0.00646. The van der Waals surface area contributed by atoms with Crippen LogP contribution in [0.25, 0.3) is 10.8 Å². The molecule has 11 heteroatoms. The third-order valence-electron chi connectivity index (χ3n) is 9.66. The molecule has 11 nitrogen and oxygen atoms in total. The number of anilines is 1. The molecular formula is C31H36N4O7. The van der Waals surface area contributed by atoms with Gasteiger partial charge in [-0.3, -0.25) is 14.4 Å². The number of rotatable bonds is 5. The number of aliphatic hydroxyl groups is 3. The molecule has 0 saturated heterocycles. The lowest BCUT2D eigenvalue weighted by Gasteiger charge is -2.48. The van der Waals surface area contributed by atoms with Crippen LogP contribution in [-0.4, -0.2) is 69.7 Å². The molecule has 1 fully saturated rings. The molecule has 1 amide bonds. The molecule has 6 rings (SSSR count). The van der Waals surface area contributed by atoms with E-state index >= 15 is 0 Å². The summed E-state index contributed by atoms with van der Waals surface area (Å²) in [5.41, 5.74) is 9.87. The van der Waals surface area contributed by atoms with E-state index in [0.717, 1.165) is 29.5 Å². The Morgan fingerprint density at radius 1 is 1.12 bits per heavy atom. The lowest BCUT2D eigenvalue weighted by molar-refractivity contribution is -0.145. The average molecular weight is 577 g/mol. The number of hydrogen-bond donors (Lipinski definition) is 7. The molecule has 4 aliphatic carbocycles. The quantitative estimate of drug-likeness (QED) is 0.257. The number of nitrogens with zero attached hydrogens (tertiary/aromatic N) is 1. The van der Waals surface area contributed by atoms with Crippen LogP contribution in [0.3, 0.4) is 0 Å². The topological polar surface area (TPSA) is 199 Å². The van der Waals surface area contributed by atoms with Crippen molar-refractivity contribution in [2.24, 2.45) is 23.3 Å². The van der Waals surface area contributed by atoms with Gasteiger partial charge in [-0.15, -0.1) is 0 Å². The van der Waals surface area contributed by atoms with Crippen molar-refractivity contribution in [1.82, 2.24) is 5.32 Å². The number of ketones is 2. The molecule has 0 aliphatic heterocycles. The first-order valence-corrected chi connectivity index (χ1v) is 14.3. The molecule has 4 atom stereocenters. The molecule has 9 N–H and O–H groups in total. The standard InChI is InChI=1S/C31H36N4O7/c1-35(2)24-16-8-7-13(12-34-15-5-3-4-6-15)9-17(16)25(36)21-18(24)10-14-11-19-23(32)27(38)22(30(33)41)29(40)31(19,42)28(39)20(14)26(21)37/h7-9,14-15,19,23,34,36,38-39,42H,3-6,10-12,32H2,1-2H3,(H2,33,41)/t14-,19-,23-,31-/m0/s1. The van der Waals surface area contributed by atoms with Crippen molar-refractivity contribution in [2.45, 2.75) is 62.8 Å². The lowest BCUT2D eigenvalue weighted by atomic mass is 9.59. The number of allylic oxidation sites excluding steroid dienone is 1. The Morgan fingerprint density at radius 3 is 2.45 bits per heavy atom. The van der Waals surface area contributed by atoms with Crippen molar-refractivity contribution < 1.29 is 34.8 Å². The second kappa shape index (κ2) is 9.82. The Morgan fingerprint density at radius 2 is 1.81 bits per heavy atom. The summed E-state index contributed by atoms with van der Waals surface area (Å²) in [6, 6.07) is 4.86. The monoisotopic (exact) mass is 576 g/mol. The highest BCUT2D eigenvalue weighted by Gasteiger charge is 2.62. The third kappa shape index (κ3) is 3.87. The van der Waals surface area contributed by atoms with E-state index in [4.69, 9.17) is 11.5 Å². The smallest absolute Gasteiger partial charge is 0.255 e. The number of nitrogens with one attached hydrogen (secondary N) is 1. The molecule has 2 aromatic carbocycles. The number of fused-ring (bicyclic) bond motifs is 4. The minimum atomic E-state index is -2.73. The number of benzene rings is 2. The van der Waals surface area contributed by atoms with E-state index in [-0.39, 0.29) is 29.7 Å². The molecule has 0 aromatic heterocycles. The molecular weight excluding hydrogens is 540 g/mol. The van der Waals surface area contributed by atoms with Crippen LogP contribution in [0.5, 0.6) is 5.75 Å². The van der Waals surface area contributed by atoms with Gasteiger partial charge in [0.15, 0.2) is 11.4 Å². The highest BCUT2D eigenvalue weighted by molar-refractivity contribution is 6.25. The van der Waals surface area contributed by atoms with E-state index < -0.39 is 58.0 Å². The molecule has 1 saturated carbocycles. The van der Waals surface area contributed by atoms with Crippen LogP contribution in [-0.2, 0) is 22.6 Å². The summed E-state index contributed by atoms with van der Waals surface area (Å²) in [7, 11) is 3.69. The number of carbonyl (C=O) groups is 3. The largest absolute Gasteiger partial charge is 0.510 e. The van der Waals surface area contributed by atoms with Gasteiger partial charge < -0.3 is 42.1 Å². The zero-order valence-corrected chi connectivity index (χ0v) is 23.6. The lowest BCUT2D eigenvalue weighted by Crippen LogP contribution is -2.63. The molecule has 0 spiro atoms. The van der Waals surface area contributed by atoms with E-state index in [9.17, 15) is 34.8 Å². The number of Topliss-reactive ketones (excluding diaryl/α,β-unsaturated/α-hetero) is 2. The fraction of sp³-hybridized carbons (Fsp3) is 0.452. The van der Waals surface area contributed by atoms with E-state index in [0.29, 0.717) is 23.5 Å². The van der Waals surface area contributed by atoms with Gasteiger partial charge in [0.05, 0.1) is 11.6 Å². The molecule has 42 heavy (non-hydrogen) atoms. The normalized spacial score (nSPS) is 27.8. The fourth-order valence-corrected chi connectivity index (χ4v) is 7.62. The number of amides is 1. The second-order valence-electron chi connectivity index (χ2n) is 12.3. The van der Waals surface area contributed by atoms with Crippen LogP contribution in [0.4, 0.5) is 5.69 Å². The summed E-state index contributed by atoms with van der Waals surface area (Å²) < 4.78 is 0. The van der Waals surface area contributed by atoms with E-state index in [1.807, 2.05) is 37.2 Å². The summed E-state index contributed by atoms with van der Waals surface area (Å²) in [6.45, 7) is 0.607. The van der Waals surface area contributed by atoms with Crippen LogP contribution >= 0.6 is 0 Å². The van der Waals surface area contributed by atoms with Crippen LogP contribution in [0.1, 0.15) is 53.6 Å². The van der Waals surface area contributed by atoms with E-state index in [1.54, 1.807) is 0 Å².